The highest BCUT2D eigenvalue weighted by Crippen LogP contribution is 2.27. The van der Waals surface area contributed by atoms with Crippen molar-refractivity contribution in [1.29, 1.82) is 0 Å². The average molecular weight is 793 g/mol. The molecule has 17 nitrogen and oxygen atoms in total. The maximum Gasteiger partial charge on any atom is 0.305 e. The number of hydrogen-bond acceptors (Lipinski definition) is 9. The van der Waals surface area contributed by atoms with E-state index >= 15 is 0 Å². The molecule has 1 aliphatic carbocycles. The zero-order chi connectivity index (χ0) is 42.5. The van der Waals surface area contributed by atoms with Crippen LogP contribution in [0.3, 0.4) is 0 Å². The number of aliphatic carboxylic acids is 2. The largest absolute Gasteiger partial charge is 0.481 e. The highest BCUT2D eigenvalue weighted by atomic mass is 16.4. The monoisotopic (exact) mass is 792 g/mol. The van der Waals surface area contributed by atoms with Crippen LogP contribution in [0.25, 0.3) is 0 Å². The number of carbonyl (C=O) groups excluding carboxylic acids is 7. The minimum absolute atomic E-state index is 0.0743. The molecule has 0 aromatic heterocycles. The number of carbonyl (C=O) groups is 9. The van der Waals surface area contributed by atoms with Gasteiger partial charge in [-0.1, -0.05) is 79.2 Å². The van der Waals surface area contributed by atoms with Gasteiger partial charge >= 0.3 is 11.9 Å². The molecule has 0 saturated heterocycles. The van der Waals surface area contributed by atoms with E-state index in [2.05, 4.69) is 31.9 Å². The van der Waals surface area contributed by atoms with E-state index in [1.54, 1.807) is 40.7 Å². The lowest BCUT2D eigenvalue weighted by Gasteiger charge is -2.31. The molecule has 316 valence electrons. The van der Waals surface area contributed by atoms with E-state index in [4.69, 9.17) is 0 Å². The lowest BCUT2D eigenvalue weighted by atomic mass is 9.84. The Morgan fingerprint density at radius 2 is 1.18 bits per heavy atom. The third-order valence-corrected chi connectivity index (χ3v) is 9.81. The quantitative estimate of drug-likeness (QED) is 0.0619. The lowest BCUT2D eigenvalue weighted by Crippen LogP contribution is -2.61. The molecule has 1 fully saturated rings. The summed E-state index contributed by atoms with van der Waals surface area (Å²) in [5.74, 6) is -7.98. The summed E-state index contributed by atoms with van der Waals surface area (Å²) in [6.07, 6.45) is 7.22. The molecule has 0 aromatic rings. The number of amides is 6. The van der Waals surface area contributed by atoms with Crippen molar-refractivity contribution in [2.24, 2.45) is 17.8 Å². The van der Waals surface area contributed by atoms with Gasteiger partial charge in [-0.25, -0.2) is 0 Å². The highest BCUT2D eigenvalue weighted by molar-refractivity contribution is 5.99. The van der Waals surface area contributed by atoms with Gasteiger partial charge in [0.25, 0.3) is 0 Å². The molecular formula is C39H64N6O11. The predicted octanol–water partition coefficient (Wildman–Crippen LogP) is 1.87. The minimum Gasteiger partial charge on any atom is -0.481 e. The first-order valence-electron chi connectivity index (χ1n) is 19.7. The number of ketones is 1. The highest BCUT2D eigenvalue weighted by Gasteiger charge is 2.36. The van der Waals surface area contributed by atoms with Crippen LogP contribution in [0.4, 0.5) is 0 Å². The summed E-state index contributed by atoms with van der Waals surface area (Å²) >= 11 is 0. The Kier molecular flexibility index (Phi) is 22.3. The van der Waals surface area contributed by atoms with E-state index in [-0.39, 0.29) is 24.0 Å². The van der Waals surface area contributed by atoms with Crippen molar-refractivity contribution in [2.75, 3.05) is 0 Å². The molecule has 0 spiro atoms. The fraction of sp³-hybridized carbons (Fsp3) is 0.718. The summed E-state index contributed by atoms with van der Waals surface area (Å²) in [6.45, 7) is 11.7. The van der Waals surface area contributed by atoms with E-state index in [0.717, 1.165) is 39.0 Å². The van der Waals surface area contributed by atoms with Crippen LogP contribution in [0.15, 0.2) is 12.2 Å². The summed E-state index contributed by atoms with van der Waals surface area (Å²) < 4.78 is 0. The van der Waals surface area contributed by atoms with Gasteiger partial charge in [0.05, 0.1) is 12.5 Å². The molecule has 1 rings (SSSR count). The van der Waals surface area contributed by atoms with E-state index < -0.39 is 109 Å². The smallest absolute Gasteiger partial charge is 0.305 e. The predicted molar refractivity (Wildman–Crippen MR) is 207 cm³/mol. The Labute approximate surface area is 329 Å². The molecule has 1 saturated carbocycles. The van der Waals surface area contributed by atoms with Crippen LogP contribution in [-0.4, -0.2) is 99.6 Å². The Balaban J connectivity index is 3.38. The SMILES string of the molecule is C/C=C/C(=O)[C@H](CC)NC(=O)[C@H](CC1CCCCC1)NC(=O)[C@@H](NC(=O)[C@H](CC(C)C)NC(=O)[C@@H](CCC(=O)O)NC(=O)[C@H](CC(=O)O)NC(C)=O)[C@H](C)CC. The second-order valence-corrected chi connectivity index (χ2v) is 15.1. The molecule has 0 bridgehead atoms. The van der Waals surface area contributed by atoms with E-state index in [9.17, 15) is 53.4 Å². The summed E-state index contributed by atoms with van der Waals surface area (Å²) in [5, 5.41) is 34.0. The average Bonchev–Trinajstić information content (AvgIpc) is 3.12. The van der Waals surface area contributed by atoms with Gasteiger partial charge in [-0.2, -0.15) is 0 Å². The summed E-state index contributed by atoms with van der Waals surface area (Å²) in [4.78, 5) is 115. The third-order valence-electron chi connectivity index (χ3n) is 9.81. The van der Waals surface area contributed by atoms with E-state index in [1.165, 1.54) is 6.08 Å². The maximum atomic E-state index is 14.0. The van der Waals surface area contributed by atoms with E-state index in [1.807, 2.05) is 6.92 Å². The van der Waals surface area contributed by atoms with Crippen LogP contribution in [0.5, 0.6) is 0 Å². The summed E-state index contributed by atoms with van der Waals surface area (Å²) in [7, 11) is 0. The van der Waals surface area contributed by atoms with Crippen LogP contribution in [0.2, 0.25) is 0 Å². The van der Waals surface area contributed by atoms with Crippen LogP contribution in [-0.2, 0) is 43.2 Å². The molecule has 6 amide bonds. The van der Waals surface area contributed by atoms with Crippen molar-refractivity contribution in [2.45, 2.75) is 162 Å². The van der Waals surface area contributed by atoms with Crippen molar-refractivity contribution in [1.82, 2.24) is 31.9 Å². The summed E-state index contributed by atoms with van der Waals surface area (Å²) in [5.41, 5.74) is 0. The Bertz CT molecular complexity index is 1400. The van der Waals surface area contributed by atoms with Gasteiger partial charge in [0.2, 0.25) is 35.4 Å². The standard InChI is InChI=1S/C39H64N6O11/c1-8-14-31(47)26(10-3)41-36(53)29(20-25-15-12-11-13-16-25)44-39(56)34(23(6)9-2)45-38(55)28(19-22(4)5)43-35(52)27(17-18-32(48)49)42-37(54)30(21-33(50)51)40-24(7)46/h8,14,22-23,25-30,34H,9-13,15-21H2,1-7H3,(H,40,46)(H,41,53)(H,42,54)(H,43,52)(H,44,56)(H,45,55)(H,48,49)(H,50,51)/b14-8+/t23-,26+,27-,28+,29+,30+,34+/m1/s1. The second kappa shape index (κ2) is 25.4. The molecular weight excluding hydrogens is 728 g/mol. The van der Waals surface area contributed by atoms with Crippen LogP contribution in [0.1, 0.15) is 126 Å². The molecule has 0 unspecified atom stereocenters. The van der Waals surface area contributed by atoms with Crippen LogP contribution in [0, 0.1) is 17.8 Å². The lowest BCUT2D eigenvalue weighted by molar-refractivity contribution is -0.141. The third kappa shape index (κ3) is 18.2. The molecule has 0 aromatic carbocycles. The Hall–Kier alpha value is -4.83. The maximum absolute atomic E-state index is 14.0. The zero-order valence-corrected chi connectivity index (χ0v) is 33.9. The molecule has 56 heavy (non-hydrogen) atoms. The van der Waals surface area contributed by atoms with Gasteiger partial charge in [-0.15, -0.1) is 0 Å². The second-order valence-electron chi connectivity index (χ2n) is 15.1. The van der Waals surface area contributed by atoms with Crippen LogP contribution >= 0.6 is 0 Å². The normalized spacial score (nSPS) is 16.9. The number of hydrogen-bond donors (Lipinski definition) is 8. The molecule has 17 heteroatoms. The number of carboxylic acid groups (broad SMARTS) is 2. The molecule has 7 atom stereocenters. The van der Waals surface area contributed by atoms with Crippen molar-refractivity contribution in [3.05, 3.63) is 12.2 Å². The fourth-order valence-electron chi connectivity index (χ4n) is 6.55. The molecule has 0 aliphatic heterocycles. The Morgan fingerprint density at radius 1 is 0.643 bits per heavy atom. The topological polar surface area (TPSA) is 266 Å². The van der Waals surface area contributed by atoms with E-state index in [0.29, 0.717) is 19.3 Å². The van der Waals surface area contributed by atoms with Gasteiger partial charge in [0.1, 0.15) is 30.2 Å². The molecule has 1 aliphatic rings. The number of rotatable bonds is 25. The van der Waals surface area contributed by atoms with Gasteiger partial charge < -0.3 is 42.1 Å². The van der Waals surface area contributed by atoms with Crippen LogP contribution < -0.4 is 31.9 Å². The molecule has 8 N–H and O–H groups in total. The zero-order valence-electron chi connectivity index (χ0n) is 33.9. The molecule has 0 heterocycles. The van der Waals surface area contributed by atoms with Crippen molar-refractivity contribution in [3.8, 4) is 0 Å². The Morgan fingerprint density at radius 3 is 1.70 bits per heavy atom. The van der Waals surface area contributed by atoms with Gasteiger partial charge in [0, 0.05) is 13.3 Å². The van der Waals surface area contributed by atoms with Gasteiger partial charge in [-0.05, 0) is 56.4 Å². The van der Waals surface area contributed by atoms with Gasteiger partial charge in [0.15, 0.2) is 5.78 Å². The van der Waals surface area contributed by atoms with Crippen molar-refractivity contribution < 1.29 is 53.4 Å². The fourth-order valence-corrected chi connectivity index (χ4v) is 6.55. The van der Waals surface area contributed by atoms with Gasteiger partial charge in [-0.3, -0.25) is 43.2 Å². The number of nitrogens with one attached hydrogen (secondary N) is 6. The first-order valence-corrected chi connectivity index (χ1v) is 19.7. The van der Waals surface area contributed by atoms with Crippen molar-refractivity contribution >= 4 is 53.2 Å². The first kappa shape index (κ1) is 49.2. The number of carboxylic acids is 2. The summed E-state index contributed by atoms with van der Waals surface area (Å²) in [6, 6.07) is -7.29. The number of allylic oxidation sites excluding steroid dienone is 1. The minimum atomic E-state index is -1.57. The first-order chi connectivity index (χ1) is 26.3. The molecule has 0 radical (unpaired) electrons. The van der Waals surface area contributed by atoms with Crippen molar-refractivity contribution in [3.63, 3.8) is 0 Å².